The molecule has 2 aromatic carbocycles. The van der Waals surface area contributed by atoms with E-state index in [0.29, 0.717) is 22.0 Å². The molecule has 1 amide bonds. The van der Waals surface area contributed by atoms with Crippen LogP contribution < -0.4 is 5.32 Å². The van der Waals surface area contributed by atoms with Crippen LogP contribution >= 0.6 is 23.2 Å². The highest BCUT2D eigenvalue weighted by molar-refractivity contribution is 6.36. The lowest BCUT2D eigenvalue weighted by Gasteiger charge is -2.07. The summed E-state index contributed by atoms with van der Waals surface area (Å²) in [5, 5.41) is 7.95. The third kappa shape index (κ3) is 5.89. The fourth-order valence-electron chi connectivity index (χ4n) is 3.07. The second-order valence-corrected chi connectivity index (χ2v) is 7.91. The molecule has 34 heavy (non-hydrogen) atoms. The molecule has 1 N–H and O–H groups in total. The molecule has 2 aromatic heterocycles. The first-order valence-electron chi connectivity index (χ1n) is 10.1. The van der Waals surface area contributed by atoms with Gasteiger partial charge in [-0.25, -0.2) is 9.48 Å². The highest BCUT2D eigenvalue weighted by atomic mass is 35.5. The molecule has 9 heteroatoms. The number of amides is 1. The van der Waals surface area contributed by atoms with Crippen LogP contribution in [0.15, 0.2) is 85.3 Å². The Morgan fingerprint density at radius 2 is 1.88 bits per heavy atom. The number of para-hydroxylation sites is 1. The number of anilines is 1. The fourth-order valence-corrected chi connectivity index (χ4v) is 3.52. The van der Waals surface area contributed by atoms with Crippen LogP contribution in [0.4, 0.5) is 5.69 Å². The first kappa shape index (κ1) is 23.2. The standard InChI is InChI=1S/C25H18Cl2N4O3/c26-19-9-10-22(21(27)13-19)29-23(32)16-34-24(33)11-8-18-15-31(20-6-2-1-3-7-20)30-25(18)17-5-4-12-28-14-17/h1-15H,16H2,(H,29,32)/b11-8+. The number of hydrogen-bond acceptors (Lipinski definition) is 5. The first-order chi connectivity index (χ1) is 16.5. The highest BCUT2D eigenvalue weighted by Gasteiger charge is 2.12. The number of carbonyl (C=O) groups is 2. The van der Waals surface area contributed by atoms with Crippen LogP contribution in [0.1, 0.15) is 5.56 Å². The molecule has 0 radical (unpaired) electrons. The molecule has 0 aliphatic rings. The van der Waals surface area contributed by atoms with Crippen molar-refractivity contribution in [2.45, 2.75) is 0 Å². The summed E-state index contributed by atoms with van der Waals surface area (Å²) in [5.74, 6) is -1.21. The average molecular weight is 493 g/mol. The molecule has 2 heterocycles. The zero-order valence-corrected chi connectivity index (χ0v) is 19.2. The van der Waals surface area contributed by atoms with Crippen LogP contribution in [-0.4, -0.2) is 33.2 Å². The molecule has 0 fully saturated rings. The molecule has 0 aliphatic carbocycles. The van der Waals surface area contributed by atoms with Gasteiger partial charge < -0.3 is 10.1 Å². The molecule has 4 rings (SSSR count). The SMILES string of the molecule is O=C(COC(=O)/C=C/c1cn(-c2ccccc2)nc1-c1cccnc1)Nc1ccc(Cl)cc1Cl. The number of nitrogens with zero attached hydrogens (tertiary/aromatic N) is 3. The number of halogens is 2. The van der Waals surface area contributed by atoms with Crippen LogP contribution in [0.25, 0.3) is 23.0 Å². The van der Waals surface area contributed by atoms with Gasteiger partial charge in [0.15, 0.2) is 6.61 Å². The quantitative estimate of drug-likeness (QED) is 0.274. The van der Waals surface area contributed by atoms with Crippen molar-refractivity contribution in [3.63, 3.8) is 0 Å². The van der Waals surface area contributed by atoms with E-state index in [1.54, 1.807) is 41.5 Å². The molecular weight excluding hydrogens is 475 g/mol. The smallest absolute Gasteiger partial charge is 0.331 e. The number of rotatable bonds is 7. The van der Waals surface area contributed by atoms with Crippen LogP contribution in [0.3, 0.4) is 0 Å². The van der Waals surface area contributed by atoms with Gasteiger partial charge in [-0.3, -0.25) is 9.78 Å². The summed E-state index contributed by atoms with van der Waals surface area (Å²) in [5.41, 5.74) is 3.37. The van der Waals surface area contributed by atoms with Gasteiger partial charge in [-0.15, -0.1) is 0 Å². The summed E-state index contributed by atoms with van der Waals surface area (Å²) in [6.45, 7) is -0.471. The van der Waals surface area contributed by atoms with Gasteiger partial charge in [0.25, 0.3) is 5.91 Å². The van der Waals surface area contributed by atoms with Crippen molar-refractivity contribution in [2.75, 3.05) is 11.9 Å². The number of carbonyl (C=O) groups excluding carboxylic acids is 2. The van der Waals surface area contributed by atoms with Gasteiger partial charge in [-0.1, -0.05) is 41.4 Å². The van der Waals surface area contributed by atoms with Crippen molar-refractivity contribution in [1.29, 1.82) is 0 Å². The van der Waals surface area contributed by atoms with E-state index in [1.807, 2.05) is 42.5 Å². The number of benzene rings is 2. The second-order valence-electron chi connectivity index (χ2n) is 7.07. The van der Waals surface area contributed by atoms with Crippen molar-refractivity contribution in [2.24, 2.45) is 0 Å². The van der Waals surface area contributed by atoms with E-state index in [2.05, 4.69) is 15.4 Å². The maximum Gasteiger partial charge on any atom is 0.331 e. The van der Waals surface area contributed by atoms with E-state index in [9.17, 15) is 9.59 Å². The predicted molar refractivity (Wildman–Crippen MR) is 132 cm³/mol. The average Bonchev–Trinajstić information content (AvgIpc) is 3.29. The van der Waals surface area contributed by atoms with Crippen molar-refractivity contribution in [3.8, 4) is 16.9 Å². The van der Waals surface area contributed by atoms with Crippen molar-refractivity contribution in [3.05, 3.63) is 101 Å². The van der Waals surface area contributed by atoms with E-state index in [-0.39, 0.29) is 5.02 Å². The minimum Gasteiger partial charge on any atom is -0.452 e. The number of nitrogens with one attached hydrogen (secondary N) is 1. The van der Waals surface area contributed by atoms with Crippen molar-refractivity contribution < 1.29 is 14.3 Å². The Morgan fingerprint density at radius 1 is 1.06 bits per heavy atom. The largest absolute Gasteiger partial charge is 0.452 e. The van der Waals surface area contributed by atoms with E-state index in [4.69, 9.17) is 27.9 Å². The molecule has 0 atom stereocenters. The number of aromatic nitrogens is 3. The van der Waals surface area contributed by atoms with Crippen LogP contribution in [0.2, 0.25) is 10.0 Å². The summed E-state index contributed by atoms with van der Waals surface area (Å²) in [6.07, 6.45) is 8.00. The lowest BCUT2D eigenvalue weighted by molar-refractivity contribution is -0.142. The summed E-state index contributed by atoms with van der Waals surface area (Å²) in [6, 6.07) is 17.9. The monoisotopic (exact) mass is 492 g/mol. The van der Waals surface area contributed by atoms with Gasteiger partial charge in [-0.05, 0) is 48.5 Å². The number of hydrogen-bond donors (Lipinski definition) is 1. The van der Waals surface area contributed by atoms with E-state index in [1.165, 1.54) is 12.1 Å². The molecule has 0 spiro atoms. The van der Waals surface area contributed by atoms with Gasteiger partial charge >= 0.3 is 5.97 Å². The van der Waals surface area contributed by atoms with Gasteiger partial charge in [0.1, 0.15) is 5.69 Å². The number of pyridine rings is 1. The van der Waals surface area contributed by atoms with Crippen LogP contribution in [0, 0.1) is 0 Å². The van der Waals surface area contributed by atoms with Crippen LogP contribution in [-0.2, 0) is 14.3 Å². The molecular formula is C25H18Cl2N4O3. The van der Waals surface area contributed by atoms with Gasteiger partial charge in [-0.2, -0.15) is 5.10 Å². The second kappa shape index (κ2) is 10.8. The van der Waals surface area contributed by atoms with E-state index < -0.39 is 18.5 Å². The first-order valence-corrected chi connectivity index (χ1v) is 10.9. The van der Waals surface area contributed by atoms with E-state index in [0.717, 1.165) is 11.3 Å². The lowest BCUT2D eigenvalue weighted by atomic mass is 10.1. The van der Waals surface area contributed by atoms with Crippen molar-refractivity contribution >= 4 is 46.8 Å². The Morgan fingerprint density at radius 3 is 2.62 bits per heavy atom. The zero-order valence-electron chi connectivity index (χ0n) is 17.7. The van der Waals surface area contributed by atoms with Crippen molar-refractivity contribution in [1.82, 2.24) is 14.8 Å². The molecule has 0 saturated carbocycles. The Labute approximate surface area is 205 Å². The van der Waals surface area contributed by atoms with Gasteiger partial charge in [0, 0.05) is 40.8 Å². The minimum absolute atomic E-state index is 0.283. The zero-order chi connectivity index (χ0) is 23.9. The third-order valence-corrected chi connectivity index (χ3v) is 5.20. The highest BCUT2D eigenvalue weighted by Crippen LogP contribution is 2.26. The minimum atomic E-state index is -0.679. The molecule has 0 aliphatic heterocycles. The van der Waals surface area contributed by atoms with Gasteiger partial charge in [0.05, 0.1) is 16.4 Å². The van der Waals surface area contributed by atoms with E-state index >= 15 is 0 Å². The summed E-state index contributed by atoms with van der Waals surface area (Å²) in [7, 11) is 0. The maximum atomic E-state index is 12.2. The molecule has 4 aromatic rings. The molecule has 7 nitrogen and oxygen atoms in total. The molecule has 0 unspecified atom stereocenters. The Balaban J connectivity index is 1.45. The number of esters is 1. The summed E-state index contributed by atoms with van der Waals surface area (Å²) in [4.78, 5) is 28.5. The normalized spacial score (nSPS) is 10.9. The Hall–Kier alpha value is -3.94. The predicted octanol–water partition coefficient (Wildman–Crippen LogP) is 5.44. The third-order valence-electron chi connectivity index (χ3n) is 4.65. The lowest BCUT2D eigenvalue weighted by Crippen LogP contribution is -2.20. The molecule has 170 valence electrons. The topological polar surface area (TPSA) is 86.1 Å². The molecule has 0 saturated heterocycles. The van der Waals surface area contributed by atoms with Crippen LogP contribution in [0.5, 0.6) is 0 Å². The summed E-state index contributed by atoms with van der Waals surface area (Å²) < 4.78 is 6.77. The number of ether oxygens (including phenoxy) is 1. The molecule has 0 bridgehead atoms. The maximum absolute atomic E-state index is 12.2. The van der Waals surface area contributed by atoms with Gasteiger partial charge in [0.2, 0.25) is 0 Å². The fraction of sp³-hybridized carbons (Fsp3) is 0.0400. The summed E-state index contributed by atoms with van der Waals surface area (Å²) >= 11 is 11.9. The Bertz CT molecular complexity index is 1340. The Kier molecular flexibility index (Phi) is 7.37.